The molecular formula is C12H16BrN5S. The maximum atomic E-state index is 3.97. The number of halogens is 1. The fraction of sp³-hybridized carbons (Fsp3) is 0.417. The van der Waals surface area contributed by atoms with Crippen LogP contribution >= 0.6 is 27.7 Å². The molecule has 102 valence electrons. The van der Waals surface area contributed by atoms with Crippen LogP contribution in [0, 0.1) is 0 Å². The predicted octanol–water partition coefficient (Wildman–Crippen LogP) is 2.79. The molecule has 7 heteroatoms. The Morgan fingerprint density at radius 2 is 2.26 bits per heavy atom. The van der Waals surface area contributed by atoms with Gasteiger partial charge in [0.25, 0.3) is 0 Å². The molecule has 1 heterocycles. The Morgan fingerprint density at radius 3 is 2.84 bits per heavy atom. The summed E-state index contributed by atoms with van der Waals surface area (Å²) < 4.78 is 2.72. The Bertz CT molecular complexity index is 557. The lowest BCUT2D eigenvalue weighted by molar-refractivity contribution is 0.597. The number of nitrogens with one attached hydrogen (secondary N) is 1. The molecule has 1 unspecified atom stereocenters. The smallest absolute Gasteiger partial charge is 0.213 e. The molecule has 19 heavy (non-hydrogen) atoms. The van der Waals surface area contributed by atoms with Crippen molar-refractivity contribution in [3.8, 4) is 0 Å². The lowest BCUT2D eigenvalue weighted by atomic mass is 10.1. The minimum absolute atomic E-state index is 0.344. The van der Waals surface area contributed by atoms with Crippen LogP contribution in [0.25, 0.3) is 0 Å². The molecule has 0 aliphatic carbocycles. The summed E-state index contributed by atoms with van der Waals surface area (Å²) in [5.41, 5.74) is 1.26. The second-order valence-corrected chi connectivity index (χ2v) is 6.02. The Labute approximate surface area is 125 Å². The monoisotopic (exact) mass is 341 g/mol. The highest BCUT2D eigenvalue weighted by atomic mass is 79.9. The summed E-state index contributed by atoms with van der Waals surface area (Å²) in [6.45, 7) is 5.22. The highest BCUT2D eigenvalue weighted by Gasteiger charge is 2.10. The molecule has 2 aromatic rings. The van der Waals surface area contributed by atoms with E-state index >= 15 is 0 Å². The molecule has 1 N–H and O–H groups in total. The minimum Gasteiger partial charge on any atom is -0.310 e. The van der Waals surface area contributed by atoms with Crippen molar-refractivity contribution in [3.05, 3.63) is 28.2 Å². The van der Waals surface area contributed by atoms with Gasteiger partial charge in [0.05, 0.1) is 0 Å². The molecule has 0 aliphatic heterocycles. The predicted molar refractivity (Wildman–Crippen MR) is 79.2 cm³/mol. The second kappa shape index (κ2) is 6.49. The highest BCUT2D eigenvalue weighted by Crippen LogP contribution is 2.33. The Balaban J connectivity index is 2.18. The van der Waals surface area contributed by atoms with Gasteiger partial charge in [0.15, 0.2) is 0 Å². The van der Waals surface area contributed by atoms with E-state index in [2.05, 4.69) is 68.8 Å². The van der Waals surface area contributed by atoms with Crippen LogP contribution in [0.4, 0.5) is 0 Å². The van der Waals surface area contributed by atoms with Gasteiger partial charge in [0, 0.05) is 22.5 Å². The van der Waals surface area contributed by atoms with Crippen LogP contribution in [0.2, 0.25) is 0 Å². The summed E-state index contributed by atoms with van der Waals surface area (Å²) in [5.74, 6) is 0. The first-order chi connectivity index (χ1) is 9.11. The zero-order chi connectivity index (χ0) is 13.8. The molecule has 0 radical (unpaired) electrons. The van der Waals surface area contributed by atoms with E-state index in [1.54, 1.807) is 16.4 Å². The molecule has 0 fully saturated rings. The molecule has 1 atom stereocenters. The van der Waals surface area contributed by atoms with Crippen molar-refractivity contribution >= 4 is 27.7 Å². The van der Waals surface area contributed by atoms with Crippen molar-refractivity contribution in [1.82, 2.24) is 25.5 Å². The molecule has 1 aromatic heterocycles. The molecule has 2 rings (SSSR count). The van der Waals surface area contributed by atoms with E-state index in [1.165, 1.54) is 5.56 Å². The van der Waals surface area contributed by atoms with Crippen molar-refractivity contribution in [3.63, 3.8) is 0 Å². The van der Waals surface area contributed by atoms with Crippen LogP contribution < -0.4 is 5.32 Å². The van der Waals surface area contributed by atoms with Gasteiger partial charge in [-0.1, -0.05) is 13.0 Å². The van der Waals surface area contributed by atoms with Crippen molar-refractivity contribution in [2.24, 2.45) is 7.05 Å². The first-order valence-corrected chi connectivity index (χ1v) is 7.65. The van der Waals surface area contributed by atoms with Crippen molar-refractivity contribution in [2.75, 3.05) is 6.54 Å². The Kier molecular flexibility index (Phi) is 4.95. The topological polar surface area (TPSA) is 55.6 Å². The zero-order valence-electron chi connectivity index (χ0n) is 11.1. The molecule has 0 amide bonds. The average molecular weight is 342 g/mol. The lowest BCUT2D eigenvalue weighted by Crippen LogP contribution is -2.17. The number of aryl methyl sites for hydroxylation is 1. The van der Waals surface area contributed by atoms with Gasteiger partial charge in [-0.3, -0.25) is 0 Å². The van der Waals surface area contributed by atoms with E-state index in [0.717, 1.165) is 21.1 Å². The molecule has 0 bridgehead atoms. The van der Waals surface area contributed by atoms with E-state index in [1.807, 2.05) is 7.05 Å². The third-order valence-electron chi connectivity index (χ3n) is 2.75. The summed E-state index contributed by atoms with van der Waals surface area (Å²) in [6, 6.07) is 6.70. The summed E-state index contributed by atoms with van der Waals surface area (Å²) >= 11 is 5.15. The normalized spacial score (nSPS) is 12.6. The van der Waals surface area contributed by atoms with Crippen LogP contribution in [0.1, 0.15) is 25.5 Å². The van der Waals surface area contributed by atoms with Crippen molar-refractivity contribution in [1.29, 1.82) is 0 Å². The average Bonchev–Trinajstić information content (AvgIpc) is 2.78. The number of hydrogen-bond acceptors (Lipinski definition) is 5. The summed E-state index contributed by atoms with van der Waals surface area (Å²) in [6.07, 6.45) is 0. The third-order valence-corrected chi connectivity index (χ3v) is 4.77. The molecule has 0 spiro atoms. The minimum atomic E-state index is 0.344. The molecule has 1 aromatic carbocycles. The fourth-order valence-electron chi connectivity index (χ4n) is 1.70. The summed E-state index contributed by atoms with van der Waals surface area (Å²) in [4.78, 5) is 1.10. The lowest BCUT2D eigenvalue weighted by Gasteiger charge is -2.14. The van der Waals surface area contributed by atoms with Gasteiger partial charge in [-0.15, -0.1) is 5.10 Å². The van der Waals surface area contributed by atoms with E-state index in [4.69, 9.17) is 0 Å². The first kappa shape index (κ1) is 14.5. The highest BCUT2D eigenvalue weighted by molar-refractivity contribution is 9.10. The summed E-state index contributed by atoms with van der Waals surface area (Å²) in [7, 11) is 1.83. The molecule has 0 aliphatic rings. The number of benzene rings is 1. The van der Waals surface area contributed by atoms with Crippen LogP contribution in [0.3, 0.4) is 0 Å². The van der Waals surface area contributed by atoms with Crippen LogP contribution in [-0.2, 0) is 7.05 Å². The van der Waals surface area contributed by atoms with Crippen LogP contribution in [-0.4, -0.2) is 26.8 Å². The molecular weight excluding hydrogens is 326 g/mol. The van der Waals surface area contributed by atoms with Gasteiger partial charge in [-0.2, -0.15) is 0 Å². The van der Waals surface area contributed by atoms with Gasteiger partial charge in [0.1, 0.15) is 0 Å². The zero-order valence-corrected chi connectivity index (χ0v) is 13.5. The molecule has 5 nitrogen and oxygen atoms in total. The van der Waals surface area contributed by atoms with Gasteiger partial charge in [-0.05, 0) is 69.3 Å². The quantitative estimate of drug-likeness (QED) is 0.906. The fourth-order valence-corrected chi connectivity index (χ4v) is 3.07. The van der Waals surface area contributed by atoms with Gasteiger partial charge in [-0.25, -0.2) is 4.68 Å². The largest absolute Gasteiger partial charge is 0.310 e. The summed E-state index contributed by atoms with van der Waals surface area (Å²) in [5, 5.41) is 15.6. The van der Waals surface area contributed by atoms with E-state index in [0.29, 0.717) is 6.04 Å². The van der Waals surface area contributed by atoms with E-state index < -0.39 is 0 Å². The Morgan fingerprint density at radius 1 is 1.47 bits per heavy atom. The number of hydrogen-bond donors (Lipinski definition) is 1. The maximum absolute atomic E-state index is 3.97. The number of rotatable bonds is 5. The van der Waals surface area contributed by atoms with Gasteiger partial charge in [0.2, 0.25) is 5.16 Å². The number of tetrazole rings is 1. The van der Waals surface area contributed by atoms with Crippen LogP contribution in [0.15, 0.2) is 32.7 Å². The Hall–Kier alpha value is -0.920. The van der Waals surface area contributed by atoms with Gasteiger partial charge >= 0.3 is 0 Å². The van der Waals surface area contributed by atoms with E-state index in [-0.39, 0.29) is 0 Å². The standard InChI is InChI=1S/C12H16BrN5S/c1-4-14-8(2)9-5-6-11(10(13)7-9)19-12-15-16-17-18(12)3/h5-8,14H,4H2,1-3H3. The SMILES string of the molecule is CCNC(C)c1ccc(Sc2nnnn2C)c(Br)c1. The third kappa shape index (κ3) is 3.55. The van der Waals surface area contributed by atoms with E-state index in [9.17, 15) is 0 Å². The maximum Gasteiger partial charge on any atom is 0.213 e. The van der Waals surface area contributed by atoms with Crippen molar-refractivity contribution < 1.29 is 0 Å². The van der Waals surface area contributed by atoms with Crippen LogP contribution in [0.5, 0.6) is 0 Å². The van der Waals surface area contributed by atoms with Gasteiger partial charge < -0.3 is 5.32 Å². The first-order valence-electron chi connectivity index (χ1n) is 6.05. The second-order valence-electron chi connectivity index (χ2n) is 4.16. The number of aromatic nitrogens is 4. The number of nitrogens with zero attached hydrogens (tertiary/aromatic N) is 4. The van der Waals surface area contributed by atoms with Crippen molar-refractivity contribution in [2.45, 2.75) is 29.9 Å². The molecule has 0 saturated carbocycles. The molecule has 0 saturated heterocycles.